The first kappa shape index (κ1) is 11.6. The topological polar surface area (TPSA) is 48.2 Å². The molecule has 0 fully saturated rings. The molecule has 0 bridgehead atoms. The summed E-state index contributed by atoms with van der Waals surface area (Å²) < 4.78 is 11.1. The molecule has 0 N–H and O–H groups in total. The SMILES string of the molecule is CCCOc1cncc(-c2ncc(CC)o2)c1. The molecule has 0 radical (unpaired) electrons. The Morgan fingerprint density at radius 1 is 1.24 bits per heavy atom. The highest BCUT2D eigenvalue weighted by atomic mass is 16.5. The van der Waals surface area contributed by atoms with Crippen LogP contribution in [0.25, 0.3) is 11.5 Å². The van der Waals surface area contributed by atoms with Crippen molar-refractivity contribution in [1.29, 1.82) is 0 Å². The minimum absolute atomic E-state index is 0.594. The summed E-state index contributed by atoms with van der Waals surface area (Å²) >= 11 is 0. The number of pyridine rings is 1. The maximum atomic E-state index is 5.57. The van der Waals surface area contributed by atoms with Crippen LogP contribution in [0.4, 0.5) is 0 Å². The zero-order valence-corrected chi connectivity index (χ0v) is 10.1. The van der Waals surface area contributed by atoms with E-state index in [0.29, 0.717) is 12.5 Å². The Bertz CT molecular complexity index is 480. The van der Waals surface area contributed by atoms with E-state index in [-0.39, 0.29) is 0 Å². The summed E-state index contributed by atoms with van der Waals surface area (Å²) in [5.41, 5.74) is 0.846. The van der Waals surface area contributed by atoms with Gasteiger partial charge in [0.25, 0.3) is 0 Å². The molecule has 0 aliphatic heterocycles. The maximum absolute atomic E-state index is 5.57. The van der Waals surface area contributed by atoms with Gasteiger partial charge < -0.3 is 9.15 Å². The molecule has 0 atom stereocenters. The lowest BCUT2D eigenvalue weighted by Crippen LogP contribution is -1.95. The Morgan fingerprint density at radius 3 is 2.82 bits per heavy atom. The van der Waals surface area contributed by atoms with Gasteiger partial charge in [0.2, 0.25) is 5.89 Å². The molecule has 2 heterocycles. The molecule has 0 aliphatic carbocycles. The molecule has 0 saturated heterocycles. The molecule has 2 rings (SSSR count). The third-order valence-corrected chi connectivity index (χ3v) is 2.33. The van der Waals surface area contributed by atoms with Gasteiger partial charge in [0.15, 0.2) is 0 Å². The molecule has 0 amide bonds. The second-order valence-corrected chi connectivity index (χ2v) is 3.74. The van der Waals surface area contributed by atoms with Crippen LogP contribution in [-0.2, 0) is 6.42 Å². The maximum Gasteiger partial charge on any atom is 0.227 e. The molecule has 90 valence electrons. The van der Waals surface area contributed by atoms with Gasteiger partial charge in [-0.3, -0.25) is 4.98 Å². The van der Waals surface area contributed by atoms with Crippen molar-refractivity contribution in [3.8, 4) is 17.2 Å². The highest BCUT2D eigenvalue weighted by Gasteiger charge is 2.07. The van der Waals surface area contributed by atoms with Crippen LogP contribution in [-0.4, -0.2) is 16.6 Å². The Morgan fingerprint density at radius 2 is 2.12 bits per heavy atom. The van der Waals surface area contributed by atoms with E-state index in [4.69, 9.17) is 9.15 Å². The second kappa shape index (κ2) is 5.48. The Hall–Kier alpha value is -1.84. The van der Waals surface area contributed by atoms with Crippen molar-refractivity contribution in [1.82, 2.24) is 9.97 Å². The van der Waals surface area contributed by atoms with Crippen molar-refractivity contribution >= 4 is 0 Å². The summed E-state index contributed by atoms with van der Waals surface area (Å²) in [5, 5.41) is 0. The van der Waals surface area contributed by atoms with Gasteiger partial charge in [-0.1, -0.05) is 13.8 Å². The predicted octanol–water partition coefficient (Wildman–Crippen LogP) is 3.09. The molecule has 4 heteroatoms. The van der Waals surface area contributed by atoms with Gasteiger partial charge >= 0.3 is 0 Å². The summed E-state index contributed by atoms with van der Waals surface area (Å²) in [4.78, 5) is 8.34. The van der Waals surface area contributed by atoms with Gasteiger partial charge in [-0.2, -0.15) is 0 Å². The number of hydrogen-bond donors (Lipinski definition) is 0. The first-order valence-corrected chi connectivity index (χ1v) is 5.86. The largest absolute Gasteiger partial charge is 0.492 e. The fraction of sp³-hybridized carbons (Fsp3) is 0.385. The molecule has 4 nitrogen and oxygen atoms in total. The molecular formula is C13H16N2O2. The van der Waals surface area contributed by atoms with E-state index in [9.17, 15) is 0 Å². The Balaban J connectivity index is 2.20. The lowest BCUT2D eigenvalue weighted by Gasteiger charge is -2.04. The van der Waals surface area contributed by atoms with Gasteiger partial charge in [-0.05, 0) is 12.5 Å². The van der Waals surface area contributed by atoms with Crippen molar-refractivity contribution in [3.63, 3.8) is 0 Å². The van der Waals surface area contributed by atoms with E-state index >= 15 is 0 Å². The van der Waals surface area contributed by atoms with Crippen molar-refractivity contribution in [2.24, 2.45) is 0 Å². The molecule has 17 heavy (non-hydrogen) atoms. The number of rotatable bonds is 5. The number of hydrogen-bond acceptors (Lipinski definition) is 4. The summed E-state index contributed by atoms with van der Waals surface area (Å²) in [6.45, 7) is 4.79. The molecule has 2 aromatic rings. The Labute approximate surface area is 101 Å². The number of aryl methyl sites for hydroxylation is 1. The van der Waals surface area contributed by atoms with Gasteiger partial charge in [0, 0.05) is 12.6 Å². The quantitative estimate of drug-likeness (QED) is 0.794. The fourth-order valence-corrected chi connectivity index (χ4v) is 1.44. The van der Waals surface area contributed by atoms with Crippen LogP contribution in [0.2, 0.25) is 0 Å². The van der Waals surface area contributed by atoms with Crippen molar-refractivity contribution in [3.05, 3.63) is 30.4 Å². The first-order chi connectivity index (χ1) is 8.33. The monoisotopic (exact) mass is 232 g/mol. The number of ether oxygens (including phenoxy) is 1. The minimum Gasteiger partial charge on any atom is -0.492 e. The molecule has 0 unspecified atom stereocenters. The van der Waals surface area contributed by atoms with E-state index < -0.39 is 0 Å². The molecule has 0 aromatic carbocycles. The highest BCUT2D eigenvalue weighted by molar-refractivity contribution is 5.53. The molecule has 0 saturated carbocycles. The van der Waals surface area contributed by atoms with Crippen LogP contribution in [0.15, 0.2) is 29.1 Å². The molecule has 0 aliphatic rings. The third kappa shape index (κ3) is 2.84. The molecular weight excluding hydrogens is 216 g/mol. The zero-order chi connectivity index (χ0) is 12.1. The van der Waals surface area contributed by atoms with E-state index in [1.54, 1.807) is 18.6 Å². The summed E-state index contributed by atoms with van der Waals surface area (Å²) in [5.74, 6) is 2.22. The van der Waals surface area contributed by atoms with Crippen LogP contribution < -0.4 is 4.74 Å². The van der Waals surface area contributed by atoms with Gasteiger partial charge in [0.05, 0.1) is 24.6 Å². The number of oxazole rings is 1. The van der Waals surface area contributed by atoms with E-state index in [0.717, 1.165) is 29.9 Å². The molecule has 0 spiro atoms. The average Bonchev–Trinajstić information content (AvgIpc) is 2.85. The average molecular weight is 232 g/mol. The van der Waals surface area contributed by atoms with Crippen LogP contribution in [0, 0.1) is 0 Å². The van der Waals surface area contributed by atoms with Crippen LogP contribution in [0.1, 0.15) is 26.0 Å². The van der Waals surface area contributed by atoms with Crippen molar-refractivity contribution in [2.75, 3.05) is 6.61 Å². The normalized spacial score (nSPS) is 10.5. The lowest BCUT2D eigenvalue weighted by atomic mass is 10.3. The van der Waals surface area contributed by atoms with Gasteiger partial charge in [-0.25, -0.2) is 4.98 Å². The van der Waals surface area contributed by atoms with E-state index in [2.05, 4.69) is 16.9 Å². The third-order valence-electron chi connectivity index (χ3n) is 2.33. The zero-order valence-electron chi connectivity index (χ0n) is 10.1. The van der Waals surface area contributed by atoms with E-state index in [1.807, 2.05) is 13.0 Å². The standard InChI is InChI=1S/C13H16N2O2/c1-3-5-16-12-6-10(7-14-8-12)13-15-9-11(4-2)17-13/h6-9H,3-5H2,1-2H3. The first-order valence-electron chi connectivity index (χ1n) is 5.86. The highest BCUT2D eigenvalue weighted by Crippen LogP contribution is 2.22. The van der Waals surface area contributed by atoms with Crippen molar-refractivity contribution < 1.29 is 9.15 Å². The fourth-order valence-electron chi connectivity index (χ4n) is 1.44. The lowest BCUT2D eigenvalue weighted by molar-refractivity contribution is 0.316. The summed E-state index contributed by atoms with van der Waals surface area (Å²) in [6, 6.07) is 1.90. The minimum atomic E-state index is 0.594. The van der Waals surface area contributed by atoms with Crippen LogP contribution >= 0.6 is 0 Å². The van der Waals surface area contributed by atoms with Gasteiger partial charge in [0.1, 0.15) is 11.5 Å². The summed E-state index contributed by atoms with van der Waals surface area (Å²) in [7, 11) is 0. The number of nitrogens with zero attached hydrogens (tertiary/aromatic N) is 2. The Kier molecular flexibility index (Phi) is 3.75. The van der Waals surface area contributed by atoms with E-state index in [1.165, 1.54) is 0 Å². The number of aromatic nitrogens is 2. The van der Waals surface area contributed by atoms with Crippen LogP contribution in [0.3, 0.4) is 0 Å². The predicted molar refractivity (Wildman–Crippen MR) is 64.9 cm³/mol. The smallest absolute Gasteiger partial charge is 0.227 e. The molecule has 2 aromatic heterocycles. The van der Waals surface area contributed by atoms with Crippen LogP contribution in [0.5, 0.6) is 5.75 Å². The van der Waals surface area contributed by atoms with Crippen molar-refractivity contribution in [2.45, 2.75) is 26.7 Å². The summed E-state index contributed by atoms with van der Waals surface area (Å²) in [6.07, 6.45) is 6.98. The van der Waals surface area contributed by atoms with Gasteiger partial charge in [-0.15, -0.1) is 0 Å². The second-order valence-electron chi connectivity index (χ2n) is 3.74.